The fourth-order valence-corrected chi connectivity index (χ4v) is 1.60. The molecule has 1 aromatic heterocycles. The molecule has 3 N–H and O–H groups in total. The Bertz CT molecular complexity index is 526. The number of carbonyl (C=O) groups excluding carboxylic acids is 1. The van der Waals surface area contributed by atoms with Gasteiger partial charge in [0.05, 0.1) is 6.61 Å². The lowest BCUT2D eigenvalue weighted by Gasteiger charge is -2.11. The monoisotopic (exact) mass is 261 g/mol. The lowest BCUT2D eigenvalue weighted by Crippen LogP contribution is -2.23. The van der Waals surface area contributed by atoms with Gasteiger partial charge in [-0.1, -0.05) is 18.2 Å². The summed E-state index contributed by atoms with van der Waals surface area (Å²) in [5.74, 6) is 0.427. The fourth-order valence-electron chi connectivity index (χ4n) is 1.60. The predicted octanol–water partition coefficient (Wildman–Crippen LogP) is 0.711. The number of nitrogens with one attached hydrogen (secondary N) is 2. The normalized spacial score (nSPS) is 10.2. The molecule has 0 atom stereocenters. The molecule has 2 rings (SSSR count). The van der Waals surface area contributed by atoms with Crippen LogP contribution in [0.2, 0.25) is 0 Å². The number of benzene rings is 1. The number of aromatic nitrogens is 2. The second-order valence-corrected chi connectivity index (χ2v) is 3.83. The van der Waals surface area contributed by atoms with Crippen LogP contribution in [0.15, 0.2) is 36.5 Å². The summed E-state index contributed by atoms with van der Waals surface area (Å²) in [6, 6.07) is 8.97. The number of hydrogen-bond acceptors (Lipinski definition) is 4. The van der Waals surface area contributed by atoms with Gasteiger partial charge in [0.25, 0.3) is 5.91 Å². The van der Waals surface area contributed by atoms with Gasteiger partial charge in [0.15, 0.2) is 0 Å². The minimum Gasteiger partial charge on any atom is -0.491 e. The molecule has 0 fully saturated rings. The van der Waals surface area contributed by atoms with E-state index < -0.39 is 0 Å². The summed E-state index contributed by atoms with van der Waals surface area (Å²) < 4.78 is 5.39. The van der Waals surface area contributed by atoms with Crippen LogP contribution in [0.4, 0.5) is 0 Å². The zero-order chi connectivity index (χ0) is 13.5. The molecule has 0 unspecified atom stereocenters. The molecule has 1 heterocycles. The maximum atomic E-state index is 11.7. The van der Waals surface area contributed by atoms with Crippen LogP contribution in [-0.2, 0) is 6.54 Å². The molecular weight excluding hydrogens is 246 g/mol. The first-order valence-electron chi connectivity index (χ1n) is 5.90. The van der Waals surface area contributed by atoms with Crippen LogP contribution in [-0.4, -0.2) is 34.4 Å². The van der Waals surface area contributed by atoms with E-state index in [1.807, 2.05) is 18.2 Å². The maximum absolute atomic E-state index is 11.7. The highest BCUT2D eigenvalue weighted by Gasteiger charge is 2.08. The molecule has 6 heteroatoms. The number of aliphatic hydroxyl groups excluding tert-OH is 1. The average molecular weight is 261 g/mol. The highest BCUT2D eigenvalue weighted by molar-refractivity contribution is 5.92. The van der Waals surface area contributed by atoms with Crippen molar-refractivity contribution in [2.24, 2.45) is 0 Å². The summed E-state index contributed by atoms with van der Waals surface area (Å²) in [5, 5.41) is 17.8. The number of carbonyl (C=O) groups is 1. The Morgan fingerprint density at radius 2 is 2.21 bits per heavy atom. The first-order valence-corrected chi connectivity index (χ1v) is 5.90. The highest BCUT2D eigenvalue weighted by atomic mass is 16.5. The molecule has 0 radical (unpaired) electrons. The standard InChI is InChI=1S/C13H15N3O3/c17-7-8-19-12-4-2-1-3-10(12)9-14-13(18)11-5-6-15-16-11/h1-6,17H,7-9H2,(H,14,18)(H,15,16). The molecule has 6 nitrogen and oxygen atoms in total. The van der Waals surface area contributed by atoms with Gasteiger partial charge in [0.2, 0.25) is 0 Å². The predicted molar refractivity (Wildman–Crippen MR) is 68.8 cm³/mol. The Labute approximate surface area is 110 Å². The summed E-state index contributed by atoms with van der Waals surface area (Å²) in [5.41, 5.74) is 1.26. The molecule has 2 aromatic rings. The summed E-state index contributed by atoms with van der Waals surface area (Å²) in [6.07, 6.45) is 1.52. The Balaban J connectivity index is 1.97. The van der Waals surface area contributed by atoms with Crippen LogP contribution in [0.1, 0.15) is 16.1 Å². The van der Waals surface area contributed by atoms with Crippen molar-refractivity contribution in [3.8, 4) is 5.75 Å². The first kappa shape index (κ1) is 13.1. The summed E-state index contributed by atoms with van der Waals surface area (Å²) >= 11 is 0. The Kier molecular flexibility index (Phi) is 4.52. The minimum atomic E-state index is -0.227. The average Bonchev–Trinajstić information content (AvgIpc) is 2.97. The van der Waals surface area contributed by atoms with Gasteiger partial charge < -0.3 is 15.2 Å². The van der Waals surface area contributed by atoms with E-state index in [-0.39, 0.29) is 19.1 Å². The summed E-state index contributed by atoms with van der Waals surface area (Å²) in [4.78, 5) is 11.7. The second-order valence-electron chi connectivity index (χ2n) is 3.83. The van der Waals surface area contributed by atoms with Crippen molar-refractivity contribution < 1.29 is 14.6 Å². The van der Waals surface area contributed by atoms with Crippen LogP contribution in [0.5, 0.6) is 5.75 Å². The van der Waals surface area contributed by atoms with Crippen LogP contribution in [0, 0.1) is 0 Å². The minimum absolute atomic E-state index is 0.0468. The van der Waals surface area contributed by atoms with E-state index in [0.717, 1.165) is 5.56 Å². The molecular formula is C13H15N3O3. The molecule has 0 saturated heterocycles. The van der Waals surface area contributed by atoms with E-state index in [0.29, 0.717) is 18.0 Å². The van der Waals surface area contributed by atoms with Crippen LogP contribution >= 0.6 is 0 Å². The number of hydrogen-bond donors (Lipinski definition) is 3. The van der Waals surface area contributed by atoms with Crippen molar-refractivity contribution in [1.29, 1.82) is 0 Å². The number of para-hydroxylation sites is 1. The molecule has 0 aliphatic carbocycles. The van der Waals surface area contributed by atoms with Gasteiger partial charge in [-0.25, -0.2) is 0 Å². The topological polar surface area (TPSA) is 87.2 Å². The molecule has 0 saturated carbocycles. The van der Waals surface area contributed by atoms with Gasteiger partial charge in [-0.15, -0.1) is 0 Å². The SMILES string of the molecule is O=C(NCc1ccccc1OCCO)c1ccn[nH]1. The van der Waals surface area contributed by atoms with Crippen molar-refractivity contribution >= 4 is 5.91 Å². The van der Waals surface area contributed by atoms with E-state index in [4.69, 9.17) is 9.84 Å². The van der Waals surface area contributed by atoms with Gasteiger partial charge in [0, 0.05) is 18.3 Å². The molecule has 100 valence electrons. The van der Waals surface area contributed by atoms with Crippen molar-refractivity contribution in [3.63, 3.8) is 0 Å². The maximum Gasteiger partial charge on any atom is 0.269 e. The van der Waals surface area contributed by atoms with Gasteiger partial charge in [-0.2, -0.15) is 5.10 Å². The number of amides is 1. The van der Waals surface area contributed by atoms with Crippen molar-refractivity contribution in [1.82, 2.24) is 15.5 Å². The highest BCUT2D eigenvalue weighted by Crippen LogP contribution is 2.17. The van der Waals surface area contributed by atoms with Crippen LogP contribution in [0.3, 0.4) is 0 Å². The molecule has 0 aliphatic heterocycles. The zero-order valence-electron chi connectivity index (χ0n) is 10.3. The lowest BCUT2D eigenvalue weighted by molar-refractivity contribution is 0.0945. The molecule has 19 heavy (non-hydrogen) atoms. The van der Waals surface area contributed by atoms with E-state index in [9.17, 15) is 4.79 Å². The largest absolute Gasteiger partial charge is 0.491 e. The van der Waals surface area contributed by atoms with E-state index in [1.165, 1.54) is 6.20 Å². The van der Waals surface area contributed by atoms with E-state index in [1.54, 1.807) is 12.1 Å². The summed E-state index contributed by atoms with van der Waals surface area (Å²) in [7, 11) is 0. The Morgan fingerprint density at radius 3 is 2.95 bits per heavy atom. The van der Waals surface area contributed by atoms with Crippen molar-refractivity contribution in [2.75, 3.05) is 13.2 Å². The van der Waals surface area contributed by atoms with Crippen LogP contribution < -0.4 is 10.1 Å². The third-order valence-electron chi connectivity index (χ3n) is 2.51. The van der Waals surface area contributed by atoms with Gasteiger partial charge in [0.1, 0.15) is 18.1 Å². The van der Waals surface area contributed by atoms with Gasteiger partial charge >= 0.3 is 0 Å². The van der Waals surface area contributed by atoms with E-state index in [2.05, 4.69) is 15.5 Å². The Morgan fingerprint density at radius 1 is 1.37 bits per heavy atom. The molecule has 0 aliphatic rings. The molecule has 0 bridgehead atoms. The molecule has 0 spiro atoms. The number of ether oxygens (including phenoxy) is 1. The number of nitrogens with zero attached hydrogens (tertiary/aromatic N) is 1. The fraction of sp³-hybridized carbons (Fsp3) is 0.231. The zero-order valence-corrected chi connectivity index (χ0v) is 10.3. The van der Waals surface area contributed by atoms with E-state index >= 15 is 0 Å². The molecule has 1 amide bonds. The van der Waals surface area contributed by atoms with Gasteiger partial charge in [-0.3, -0.25) is 9.89 Å². The summed E-state index contributed by atoms with van der Waals surface area (Å²) in [6.45, 7) is 0.528. The Hall–Kier alpha value is -2.34. The molecule has 1 aromatic carbocycles. The lowest BCUT2D eigenvalue weighted by atomic mass is 10.2. The number of aliphatic hydroxyl groups is 1. The third-order valence-corrected chi connectivity index (χ3v) is 2.51. The smallest absolute Gasteiger partial charge is 0.269 e. The number of H-pyrrole nitrogens is 1. The van der Waals surface area contributed by atoms with Gasteiger partial charge in [-0.05, 0) is 12.1 Å². The van der Waals surface area contributed by atoms with Crippen molar-refractivity contribution in [2.45, 2.75) is 6.54 Å². The number of rotatable bonds is 6. The van der Waals surface area contributed by atoms with Crippen LogP contribution in [0.25, 0.3) is 0 Å². The third kappa shape index (κ3) is 3.56. The van der Waals surface area contributed by atoms with Crippen molar-refractivity contribution in [3.05, 3.63) is 47.8 Å². The number of aromatic amines is 1. The first-order chi connectivity index (χ1) is 9.31. The quantitative estimate of drug-likeness (QED) is 0.714. The second kappa shape index (κ2) is 6.55.